The second-order valence-corrected chi connectivity index (χ2v) is 6.39. The minimum absolute atomic E-state index is 0.0786. The Kier molecular flexibility index (Phi) is 7.53. The smallest absolute Gasteiger partial charge is 0.261 e. The summed E-state index contributed by atoms with van der Waals surface area (Å²) in [6, 6.07) is 13.2. The number of nitrogens with one attached hydrogen (secondary N) is 1. The topological polar surface area (TPSA) is 56.8 Å². The summed E-state index contributed by atoms with van der Waals surface area (Å²) < 4.78 is 16.4. The highest BCUT2D eigenvalue weighted by Gasteiger charge is 2.22. The summed E-state index contributed by atoms with van der Waals surface area (Å²) in [7, 11) is 3.26. The van der Waals surface area contributed by atoms with Gasteiger partial charge in [-0.3, -0.25) is 4.79 Å². The summed E-state index contributed by atoms with van der Waals surface area (Å²) in [6.45, 7) is 5.98. The molecular weight excluding hydrogens is 342 g/mol. The summed E-state index contributed by atoms with van der Waals surface area (Å²) in [5.41, 5.74) is 2.10. The predicted octanol–water partition coefficient (Wildman–Crippen LogP) is 4.44. The van der Waals surface area contributed by atoms with Gasteiger partial charge in [-0.2, -0.15) is 0 Å². The first-order chi connectivity index (χ1) is 13.0. The number of amides is 1. The van der Waals surface area contributed by atoms with Gasteiger partial charge in [0.05, 0.1) is 20.3 Å². The number of aryl methyl sites for hydroxylation is 1. The van der Waals surface area contributed by atoms with Crippen LogP contribution in [0.5, 0.6) is 17.2 Å². The fourth-order valence-electron chi connectivity index (χ4n) is 2.97. The molecule has 1 amide bonds. The Morgan fingerprint density at radius 3 is 2.33 bits per heavy atom. The number of rotatable bonds is 9. The molecule has 0 fully saturated rings. The van der Waals surface area contributed by atoms with Crippen LogP contribution in [0.2, 0.25) is 0 Å². The Labute approximate surface area is 161 Å². The van der Waals surface area contributed by atoms with Crippen molar-refractivity contribution < 1.29 is 19.0 Å². The number of ether oxygens (including phenoxy) is 3. The van der Waals surface area contributed by atoms with E-state index in [0.29, 0.717) is 17.9 Å². The number of hydrogen-bond donors (Lipinski definition) is 1. The molecule has 1 N–H and O–H groups in total. The van der Waals surface area contributed by atoms with Crippen LogP contribution in [-0.4, -0.2) is 26.2 Å². The molecule has 0 radical (unpaired) electrons. The van der Waals surface area contributed by atoms with Crippen molar-refractivity contribution in [3.63, 3.8) is 0 Å². The van der Waals surface area contributed by atoms with Crippen molar-refractivity contribution in [1.29, 1.82) is 0 Å². The van der Waals surface area contributed by atoms with E-state index in [-0.39, 0.29) is 11.9 Å². The average molecular weight is 371 g/mol. The fraction of sp³-hybridized carbons (Fsp3) is 0.409. The van der Waals surface area contributed by atoms with Crippen LogP contribution in [0, 0.1) is 6.92 Å². The van der Waals surface area contributed by atoms with Crippen LogP contribution in [0.25, 0.3) is 0 Å². The van der Waals surface area contributed by atoms with Crippen LogP contribution in [-0.2, 0) is 4.79 Å². The Hall–Kier alpha value is -2.69. The van der Waals surface area contributed by atoms with Crippen molar-refractivity contribution in [2.24, 2.45) is 0 Å². The Morgan fingerprint density at radius 1 is 1.00 bits per heavy atom. The molecular formula is C22H29NO4. The van der Waals surface area contributed by atoms with Gasteiger partial charge in [0.2, 0.25) is 0 Å². The molecule has 2 aromatic carbocycles. The molecule has 0 saturated heterocycles. The zero-order valence-corrected chi connectivity index (χ0v) is 16.7. The van der Waals surface area contributed by atoms with E-state index in [2.05, 4.69) is 11.4 Å². The lowest BCUT2D eigenvalue weighted by atomic mass is 10.0. The molecule has 0 aromatic heterocycles. The van der Waals surface area contributed by atoms with Gasteiger partial charge in [-0.25, -0.2) is 0 Å². The van der Waals surface area contributed by atoms with Crippen molar-refractivity contribution in [2.45, 2.75) is 45.8 Å². The fourth-order valence-corrected chi connectivity index (χ4v) is 2.97. The second-order valence-electron chi connectivity index (χ2n) is 6.39. The molecule has 5 heteroatoms. The first-order valence-electron chi connectivity index (χ1n) is 9.27. The largest absolute Gasteiger partial charge is 0.497 e. The lowest BCUT2D eigenvalue weighted by molar-refractivity contribution is -0.129. The van der Waals surface area contributed by atoms with Gasteiger partial charge in [0.15, 0.2) is 6.10 Å². The van der Waals surface area contributed by atoms with Gasteiger partial charge in [-0.15, -0.1) is 0 Å². The van der Waals surface area contributed by atoms with Gasteiger partial charge in [0.1, 0.15) is 17.2 Å². The van der Waals surface area contributed by atoms with E-state index in [0.717, 1.165) is 23.3 Å². The van der Waals surface area contributed by atoms with Crippen molar-refractivity contribution >= 4 is 5.91 Å². The van der Waals surface area contributed by atoms with E-state index < -0.39 is 6.10 Å². The zero-order chi connectivity index (χ0) is 19.8. The van der Waals surface area contributed by atoms with Gasteiger partial charge in [0, 0.05) is 6.07 Å². The summed E-state index contributed by atoms with van der Waals surface area (Å²) in [6.07, 6.45) is 0.791. The number of carbonyl (C=O) groups is 1. The van der Waals surface area contributed by atoms with Gasteiger partial charge >= 0.3 is 0 Å². The Bertz CT molecular complexity index is 760. The van der Waals surface area contributed by atoms with Crippen molar-refractivity contribution in [2.75, 3.05) is 14.2 Å². The number of methoxy groups -OCH3 is 2. The third-order valence-electron chi connectivity index (χ3n) is 4.53. The molecule has 27 heavy (non-hydrogen) atoms. The Morgan fingerprint density at radius 2 is 1.74 bits per heavy atom. The highest BCUT2D eigenvalue weighted by atomic mass is 16.5. The van der Waals surface area contributed by atoms with E-state index in [9.17, 15) is 4.79 Å². The first-order valence-corrected chi connectivity index (χ1v) is 9.27. The lowest BCUT2D eigenvalue weighted by Gasteiger charge is -2.23. The maximum atomic E-state index is 12.8. The van der Waals surface area contributed by atoms with Crippen LogP contribution in [0.15, 0.2) is 42.5 Å². The minimum atomic E-state index is -0.564. The zero-order valence-electron chi connectivity index (χ0n) is 16.7. The minimum Gasteiger partial charge on any atom is -0.497 e. The van der Waals surface area contributed by atoms with E-state index in [1.807, 2.05) is 51.1 Å². The summed E-state index contributed by atoms with van der Waals surface area (Å²) in [5, 5.41) is 3.11. The normalized spacial score (nSPS) is 12.8. The lowest BCUT2D eigenvalue weighted by Crippen LogP contribution is -2.40. The van der Waals surface area contributed by atoms with Crippen molar-refractivity contribution in [1.82, 2.24) is 5.32 Å². The van der Waals surface area contributed by atoms with Crippen molar-refractivity contribution in [3.05, 3.63) is 53.6 Å². The van der Waals surface area contributed by atoms with Gasteiger partial charge in [-0.05, 0) is 49.1 Å². The molecule has 146 valence electrons. The van der Waals surface area contributed by atoms with Gasteiger partial charge < -0.3 is 19.5 Å². The molecule has 0 spiro atoms. The van der Waals surface area contributed by atoms with E-state index in [1.54, 1.807) is 20.3 Å². The molecule has 0 heterocycles. The highest BCUT2D eigenvalue weighted by Crippen LogP contribution is 2.25. The first kappa shape index (κ1) is 20.6. The number of benzene rings is 2. The maximum absolute atomic E-state index is 12.8. The molecule has 5 nitrogen and oxygen atoms in total. The molecule has 0 saturated carbocycles. The molecule has 2 atom stereocenters. The second kappa shape index (κ2) is 9.86. The monoisotopic (exact) mass is 371 g/mol. The summed E-state index contributed by atoms with van der Waals surface area (Å²) in [5.74, 6) is 2.03. The van der Waals surface area contributed by atoms with E-state index in [4.69, 9.17) is 14.2 Å². The Balaban J connectivity index is 2.10. The summed E-state index contributed by atoms with van der Waals surface area (Å²) in [4.78, 5) is 12.8. The molecule has 0 aliphatic rings. The quantitative estimate of drug-likeness (QED) is 0.708. The SMILES string of the molecule is CC[C@H](Oc1cccc(OC)c1)C(=O)N[C@H](CC)c1ccc(OC)c(C)c1. The van der Waals surface area contributed by atoms with Gasteiger partial charge in [-0.1, -0.05) is 32.0 Å². The van der Waals surface area contributed by atoms with Crippen LogP contribution < -0.4 is 19.5 Å². The van der Waals surface area contributed by atoms with Crippen LogP contribution in [0.3, 0.4) is 0 Å². The van der Waals surface area contributed by atoms with Crippen LogP contribution in [0.1, 0.15) is 43.9 Å². The van der Waals surface area contributed by atoms with E-state index >= 15 is 0 Å². The van der Waals surface area contributed by atoms with Gasteiger partial charge in [0.25, 0.3) is 5.91 Å². The molecule has 0 bridgehead atoms. The molecule has 2 rings (SSSR count). The van der Waals surface area contributed by atoms with Crippen LogP contribution >= 0.6 is 0 Å². The van der Waals surface area contributed by atoms with Crippen LogP contribution in [0.4, 0.5) is 0 Å². The molecule has 0 aliphatic carbocycles. The number of carbonyl (C=O) groups excluding carboxylic acids is 1. The average Bonchev–Trinajstić information content (AvgIpc) is 2.70. The molecule has 2 aromatic rings. The highest BCUT2D eigenvalue weighted by molar-refractivity contribution is 5.81. The molecule has 0 unspecified atom stereocenters. The number of hydrogen-bond acceptors (Lipinski definition) is 4. The third-order valence-corrected chi connectivity index (χ3v) is 4.53. The predicted molar refractivity (Wildman–Crippen MR) is 107 cm³/mol. The third kappa shape index (κ3) is 5.39. The standard InChI is InChI=1S/C22H29NO4/c1-6-19(16-11-12-21(26-5)15(3)13-16)23-22(24)20(7-2)27-18-10-8-9-17(14-18)25-4/h8-14,19-20H,6-7H2,1-5H3,(H,23,24)/t19-,20+/m1/s1. The summed E-state index contributed by atoms with van der Waals surface area (Å²) >= 11 is 0. The van der Waals surface area contributed by atoms with E-state index in [1.165, 1.54) is 0 Å². The molecule has 0 aliphatic heterocycles. The maximum Gasteiger partial charge on any atom is 0.261 e. The van der Waals surface area contributed by atoms with Crippen molar-refractivity contribution in [3.8, 4) is 17.2 Å².